The summed E-state index contributed by atoms with van der Waals surface area (Å²) in [7, 11) is 0. The minimum atomic E-state index is -0.782. The number of carboxylic acid groups (broad SMARTS) is 1. The smallest absolute Gasteiger partial charge is 0.303 e. The summed E-state index contributed by atoms with van der Waals surface area (Å²) in [6.07, 6.45) is 3.66. The van der Waals surface area contributed by atoms with Gasteiger partial charge in [-0.25, -0.2) is 0 Å². The normalized spacial score (nSPS) is 21.8. The van der Waals surface area contributed by atoms with Crippen molar-refractivity contribution in [3.05, 3.63) is 29.8 Å². The standard InChI is InChI=1S/C16H20N2O3/c19-14(20)9-16(6-3-7-16)10-17-15(21)13-8-11-4-1-2-5-12(11)18-13/h1-2,4-5,13,18H,3,6-10H2,(H,17,21)(H,19,20)/t13-/m0/s1. The highest BCUT2D eigenvalue weighted by molar-refractivity contribution is 5.87. The number of anilines is 1. The van der Waals surface area contributed by atoms with Crippen molar-refractivity contribution in [2.45, 2.75) is 38.1 Å². The summed E-state index contributed by atoms with van der Waals surface area (Å²) >= 11 is 0. The maximum atomic E-state index is 12.3. The van der Waals surface area contributed by atoms with E-state index in [1.165, 1.54) is 0 Å². The molecule has 2 aliphatic rings. The molecule has 0 spiro atoms. The molecule has 1 saturated carbocycles. The summed E-state index contributed by atoms with van der Waals surface area (Å²) in [5.74, 6) is -0.821. The Morgan fingerprint density at radius 1 is 1.33 bits per heavy atom. The maximum Gasteiger partial charge on any atom is 0.303 e. The van der Waals surface area contributed by atoms with Gasteiger partial charge in [0.15, 0.2) is 0 Å². The average Bonchev–Trinajstić information content (AvgIpc) is 2.84. The summed E-state index contributed by atoms with van der Waals surface area (Å²) in [4.78, 5) is 23.2. The number of hydrogen-bond acceptors (Lipinski definition) is 3. The number of rotatable bonds is 5. The highest BCUT2D eigenvalue weighted by Gasteiger charge is 2.39. The third-order valence-electron chi connectivity index (χ3n) is 4.67. The van der Waals surface area contributed by atoms with E-state index >= 15 is 0 Å². The lowest BCUT2D eigenvalue weighted by molar-refractivity contribution is -0.141. The van der Waals surface area contributed by atoms with E-state index in [2.05, 4.69) is 10.6 Å². The first kappa shape index (κ1) is 13.9. The summed E-state index contributed by atoms with van der Waals surface area (Å²) in [6.45, 7) is 0.465. The van der Waals surface area contributed by atoms with Crippen LogP contribution in [0, 0.1) is 5.41 Å². The fraction of sp³-hybridized carbons (Fsp3) is 0.500. The zero-order chi connectivity index (χ0) is 14.9. The largest absolute Gasteiger partial charge is 0.481 e. The number of amides is 1. The van der Waals surface area contributed by atoms with Crippen LogP contribution in [0.4, 0.5) is 5.69 Å². The van der Waals surface area contributed by atoms with Gasteiger partial charge in [0.2, 0.25) is 5.91 Å². The lowest BCUT2D eigenvalue weighted by Gasteiger charge is -2.41. The molecule has 1 aromatic carbocycles. The van der Waals surface area contributed by atoms with Gasteiger partial charge < -0.3 is 15.7 Å². The van der Waals surface area contributed by atoms with Gasteiger partial charge in [-0.3, -0.25) is 9.59 Å². The molecule has 0 radical (unpaired) electrons. The SMILES string of the molecule is O=C(O)CC1(CNC(=O)[C@@H]2Cc3ccccc3N2)CCC1. The molecule has 3 rings (SSSR count). The molecule has 1 aliphatic heterocycles. The van der Waals surface area contributed by atoms with Crippen LogP contribution in [0.15, 0.2) is 24.3 Å². The van der Waals surface area contributed by atoms with Gasteiger partial charge in [-0.15, -0.1) is 0 Å². The van der Waals surface area contributed by atoms with E-state index in [0.717, 1.165) is 30.5 Å². The van der Waals surface area contributed by atoms with E-state index in [4.69, 9.17) is 5.11 Å². The molecule has 0 saturated heterocycles. The molecular weight excluding hydrogens is 268 g/mol. The zero-order valence-corrected chi connectivity index (χ0v) is 11.9. The van der Waals surface area contributed by atoms with Crippen LogP contribution in [0.2, 0.25) is 0 Å². The van der Waals surface area contributed by atoms with Gasteiger partial charge in [-0.2, -0.15) is 0 Å². The van der Waals surface area contributed by atoms with Crippen molar-refractivity contribution in [3.63, 3.8) is 0 Å². The van der Waals surface area contributed by atoms with Gasteiger partial charge in [-0.1, -0.05) is 24.6 Å². The van der Waals surface area contributed by atoms with Crippen LogP contribution >= 0.6 is 0 Å². The molecule has 0 bridgehead atoms. The predicted octanol–water partition coefficient (Wildman–Crippen LogP) is 1.78. The Balaban J connectivity index is 1.55. The topological polar surface area (TPSA) is 78.4 Å². The van der Waals surface area contributed by atoms with Crippen LogP contribution in [0.1, 0.15) is 31.2 Å². The van der Waals surface area contributed by atoms with Crippen LogP contribution in [0.3, 0.4) is 0 Å². The minimum Gasteiger partial charge on any atom is -0.481 e. The third-order valence-corrected chi connectivity index (χ3v) is 4.67. The molecule has 1 aromatic rings. The molecule has 112 valence electrons. The van der Waals surface area contributed by atoms with Crippen LogP contribution in [-0.2, 0) is 16.0 Å². The highest BCUT2D eigenvalue weighted by atomic mass is 16.4. The van der Waals surface area contributed by atoms with Gasteiger partial charge in [0.25, 0.3) is 0 Å². The minimum absolute atomic E-state index is 0.0390. The number of fused-ring (bicyclic) bond motifs is 1. The summed E-state index contributed by atoms with van der Waals surface area (Å²) in [6, 6.07) is 7.66. The van der Waals surface area contributed by atoms with Gasteiger partial charge in [-0.05, 0) is 29.9 Å². The van der Waals surface area contributed by atoms with Crippen molar-refractivity contribution in [1.82, 2.24) is 5.32 Å². The van der Waals surface area contributed by atoms with E-state index in [1.807, 2.05) is 24.3 Å². The highest BCUT2D eigenvalue weighted by Crippen LogP contribution is 2.43. The zero-order valence-electron chi connectivity index (χ0n) is 11.9. The molecule has 1 aliphatic carbocycles. The number of aliphatic carboxylic acids is 1. The molecule has 1 heterocycles. The predicted molar refractivity (Wildman–Crippen MR) is 79.1 cm³/mol. The molecule has 3 N–H and O–H groups in total. The summed E-state index contributed by atoms with van der Waals surface area (Å²) < 4.78 is 0. The Hall–Kier alpha value is -2.04. The van der Waals surface area contributed by atoms with Gasteiger partial charge >= 0.3 is 5.97 Å². The van der Waals surface area contributed by atoms with E-state index in [1.54, 1.807) is 0 Å². The maximum absolute atomic E-state index is 12.3. The quantitative estimate of drug-likeness (QED) is 0.772. The number of carboxylic acids is 1. The summed E-state index contributed by atoms with van der Waals surface area (Å²) in [5, 5.41) is 15.1. The second-order valence-corrected chi connectivity index (χ2v) is 6.20. The van der Waals surface area contributed by atoms with Crippen molar-refractivity contribution in [2.75, 3.05) is 11.9 Å². The van der Waals surface area contributed by atoms with E-state index in [9.17, 15) is 9.59 Å². The molecule has 5 heteroatoms. The first-order valence-electron chi connectivity index (χ1n) is 7.42. The van der Waals surface area contributed by atoms with Gasteiger partial charge in [0.05, 0.1) is 6.42 Å². The van der Waals surface area contributed by atoms with Crippen molar-refractivity contribution >= 4 is 17.6 Å². The summed E-state index contributed by atoms with van der Waals surface area (Å²) in [5.41, 5.74) is 1.94. The Bertz CT molecular complexity index is 541. The lowest BCUT2D eigenvalue weighted by atomic mass is 9.66. The van der Waals surface area contributed by atoms with Crippen molar-refractivity contribution in [3.8, 4) is 0 Å². The number of nitrogens with one attached hydrogen (secondary N) is 2. The number of carbonyl (C=O) groups is 2. The third kappa shape index (κ3) is 2.86. The first-order chi connectivity index (χ1) is 10.1. The molecular formula is C16H20N2O3. The van der Waals surface area contributed by atoms with Crippen molar-refractivity contribution in [2.24, 2.45) is 5.41 Å². The van der Waals surface area contributed by atoms with Crippen molar-refractivity contribution < 1.29 is 14.7 Å². The Morgan fingerprint density at radius 3 is 2.71 bits per heavy atom. The second kappa shape index (κ2) is 5.39. The number of benzene rings is 1. The van der Waals surface area contributed by atoms with Crippen molar-refractivity contribution in [1.29, 1.82) is 0 Å². The Labute approximate surface area is 123 Å². The van der Waals surface area contributed by atoms with E-state index < -0.39 is 5.97 Å². The van der Waals surface area contributed by atoms with Crippen LogP contribution in [-0.4, -0.2) is 29.6 Å². The number of hydrogen-bond donors (Lipinski definition) is 3. The van der Waals surface area contributed by atoms with Crippen LogP contribution in [0.5, 0.6) is 0 Å². The monoisotopic (exact) mass is 288 g/mol. The molecule has 0 unspecified atom stereocenters. The molecule has 1 atom stereocenters. The molecule has 1 amide bonds. The number of para-hydroxylation sites is 1. The van der Waals surface area contributed by atoms with Gasteiger partial charge in [0.1, 0.15) is 6.04 Å². The Morgan fingerprint density at radius 2 is 2.10 bits per heavy atom. The molecule has 0 aromatic heterocycles. The van der Waals surface area contributed by atoms with E-state index in [0.29, 0.717) is 13.0 Å². The molecule has 21 heavy (non-hydrogen) atoms. The van der Waals surface area contributed by atoms with E-state index in [-0.39, 0.29) is 23.8 Å². The number of carbonyl (C=O) groups excluding carboxylic acids is 1. The second-order valence-electron chi connectivity index (χ2n) is 6.20. The molecule has 5 nitrogen and oxygen atoms in total. The fourth-order valence-electron chi connectivity index (χ4n) is 3.27. The fourth-order valence-corrected chi connectivity index (χ4v) is 3.27. The molecule has 1 fully saturated rings. The lowest BCUT2D eigenvalue weighted by Crippen LogP contribution is -2.47. The van der Waals surface area contributed by atoms with Crippen LogP contribution < -0.4 is 10.6 Å². The Kier molecular flexibility index (Phi) is 3.57. The average molecular weight is 288 g/mol. The first-order valence-corrected chi connectivity index (χ1v) is 7.42. The van der Waals surface area contributed by atoms with Crippen LogP contribution in [0.25, 0.3) is 0 Å². The van der Waals surface area contributed by atoms with Gasteiger partial charge in [0, 0.05) is 18.7 Å².